The molecule has 0 saturated carbocycles. The summed E-state index contributed by atoms with van der Waals surface area (Å²) in [6, 6.07) is 0. The Morgan fingerprint density at radius 2 is 2.08 bits per heavy atom. The predicted octanol–water partition coefficient (Wildman–Crippen LogP) is 3.72. The Labute approximate surface area is 91.5 Å². The number of rotatable bonds is 7. The fraction of sp³-hybridized carbons (Fsp3) is 0.800. The van der Waals surface area contributed by atoms with Gasteiger partial charge in [0.05, 0.1) is 0 Å². The van der Waals surface area contributed by atoms with E-state index in [0.717, 1.165) is 12.5 Å². The minimum absolute atomic E-state index is 0.672. The second-order valence-electron chi connectivity index (χ2n) is 3.62. The van der Waals surface area contributed by atoms with E-state index in [-0.39, 0.29) is 0 Å². The third kappa shape index (κ3) is 10.2. The van der Waals surface area contributed by atoms with Gasteiger partial charge in [-0.3, -0.25) is 0 Å². The SMILES string of the molecule is CC(C)CCCCNCC(Cl)=CCl. The van der Waals surface area contributed by atoms with Crippen LogP contribution in [0.15, 0.2) is 10.6 Å². The van der Waals surface area contributed by atoms with Crippen molar-refractivity contribution < 1.29 is 0 Å². The van der Waals surface area contributed by atoms with Crippen molar-refractivity contribution in [2.75, 3.05) is 13.1 Å². The molecule has 0 saturated heterocycles. The van der Waals surface area contributed by atoms with E-state index in [1.54, 1.807) is 0 Å². The Morgan fingerprint density at radius 1 is 1.38 bits per heavy atom. The lowest BCUT2D eigenvalue weighted by Gasteiger charge is -2.05. The molecule has 0 rings (SSSR count). The first kappa shape index (κ1) is 13.3. The molecule has 0 aliphatic carbocycles. The Hall–Kier alpha value is 0.280. The molecular formula is C10H19Cl2N. The van der Waals surface area contributed by atoms with Crippen LogP contribution < -0.4 is 5.32 Å². The van der Waals surface area contributed by atoms with E-state index in [1.807, 2.05) is 0 Å². The van der Waals surface area contributed by atoms with Crippen LogP contribution in [0, 0.1) is 5.92 Å². The maximum absolute atomic E-state index is 5.70. The average Bonchev–Trinajstić information content (AvgIpc) is 2.10. The minimum Gasteiger partial charge on any atom is -0.312 e. The van der Waals surface area contributed by atoms with Crippen LogP contribution in [0.25, 0.3) is 0 Å². The van der Waals surface area contributed by atoms with Crippen molar-refractivity contribution in [3.05, 3.63) is 10.6 Å². The Bertz CT molecular complexity index is 144. The van der Waals surface area contributed by atoms with Crippen LogP contribution in [0.3, 0.4) is 0 Å². The zero-order valence-electron chi connectivity index (χ0n) is 8.45. The highest BCUT2D eigenvalue weighted by atomic mass is 35.5. The second kappa shape index (κ2) is 8.86. The van der Waals surface area contributed by atoms with Gasteiger partial charge in [-0.2, -0.15) is 0 Å². The highest BCUT2D eigenvalue weighted by Crippen LogP contribution is 2.05. The summed E-state index contributed by atoms with van der Waals surface area (Å²) < 4.78 is 0. The molecule has 3 heteroatoms. The largest absolute Gasteiger partial charge is 0.312 e. The molecule has 0 heterocycles. The third-order valence-corrected chi connectivity index (χ3v) is 2.42. The van der Waals surface area contributed by atoms with Gasteiger partial charge in [0.25, 0.3) is 0 Å². The molecule has 13 heavy (non-hydrogen) atoms. The average molecular weight is 224 g/mol. The molecule has 0 aromatic heterocycles. The van der Waals surface area contributed by atoms with Crippen molar-refractivity contribution in [3.8, 4) is 0 Å². The zero-order chi connectivity index (χ0) is 10.1. The molecule has 0 aliphatic heterocycles. The fourth-order valence-electron chi connectivity index (χ4n) is 1.05. The lowest BCUT2D eigenvalue weighted by atomic mass is 10.1. The van der Waals surface area contributed by atoms with Gasteiger partial charge < -0.3 is 5.32 Å². The molecule has 0 unspecified atom stereocenters. The van der Waals surface area contributed by atoms with E-state index in [1.165, 1.54) is 24.8 Å². The number of unbranched alkanes of at least 4 members (excludes halogenated alkanes) is 1. The highest BCUT2D eigenvalue weighted by Gasteiger charge is 1.94. The summed E-state index contributed by atoms with van der Waals surface area (Å²) >= 11 is 11.1. The fourth-order valence-corrected chi connectivity index (χ4v) is 1.22. The van der Waals surface area contributed by atoms with Crippen LogP contribution in [-0.2, 0) is 0 Å². The van der Waals surface area contributed by atoms with Gasteiger partial charge in [-0.05, 0) is 18.9 Å². The summed E-state index contributed by atoms with van der Waals surface area (Å²) in [5, 5.41) is 3.90. The first-order valence-corrected chi connectivity index (χ1v) is 5.63. The van der Waals surface area contributed by atoms with Crippen molar-refractivity contribution in [1.29, 1.82) is 0 Å². The quantitative estimate of drug-likeness (QED) is 0.650. The van der Waals surface area contributed by atoms with Crippen LogP contribution in [0.5, 0.6) is 0 Å². The number of hydrogen-bond acceptors (Lipinski definition) is 1. The maximum Gasteiger partial charge on any atom is 0.0431 e. The number of halogens is 2. The molecule has 0 aromatic rings. The van der Waals surface area contributed by atoms with E-state index in [4.69, 9.17) is 23.2 Å². The first-order chi connectivity index (χ1) is 6.16. The smallest absolute Gasteiger partial charge is 0.0431 e. The van der Waals surface area contributed by atoms with Crippen LogP contribution in [-0.4, -0.2) is 13.1 Å². The maximum atomic E-state index is 5.70. The van der Waals surface area contributed by atoms with Gasteiger partial charge in [-0.1, -0.05) is 49.9 Å². The molecule has 78 valence electrons. The van der Waals surface area contributed by atoms with Crippen LogP contribution >= 0.6 is 23.2 Å². The Morgan fingerprint density at radius 3 is 2.62 bits per heavy atom. The third-order valence-electron chi connectivity index (χ3n) is 1.80. The summed E-state index contributed by atoms with van der Waals surface area (Å²) in [6.07, 6.45) is 3.80. The molecule has 0 spiro atoms. The van der Waals surface area contributed by atoms with Crippen molar-refractivity contribution in [3.63, 3.8) is 0 Å². The van der Waals surface area contributed by atoms with Gasteiger partial charge in [0.2, 0.25) is 0 Å². The topological polar surface area (TPSA) is 12.0 Å². The molecule has 0 radical (unpaired) electrons. The van der Waals surface area contributed by atoms with Crippen LogP contribution in [0.4, 0.5) is 0 Å². The minimum atomic E-state index is 0.672. The van der Waals surface area contributed by atoms with E-state index in [2.05, 4.69) is 19.2 Å². The van der Waals surface area contributed by atoms with Gasteiger partial charge in [0.1, 0.15) is 0 Å². The van der Waals surface area contributed by atoms with E-state index < -0.39 is 0 Å². The summed E-state index contributed by atoms with van der Waals surface area (Å²) in [5.41, 5.74) is 1.41. The molecule has 0 atom stereocenters. The van der Waals surface area contributed by atoms with E-state index in [9.17, 15) is 0 Å². The number of hydrogen-bond donors (Lipinski definition) is 1. The molecule has 0 aromatic carbocycles. The lowest BCUT2D eigenvalue weighted by Crippen LogP contribution is -2.16. The van der Waals surface area contributed by atoms with Gasteiger partial charge in [-0.15, -0.1) is 0 Å². The standard InChI is InChI=1S/C10H19Cl2N/c1-9(2)5-3-4-6-13-8-10(12)7-11/h7,9,13H,3-6,8H2,1-2H3. The Balaban J connectivity index is 3.09. The monoisotopic (exact) mass is 223 g/mol. The first-order valence-electron chi connectivity index (χ1n) is 4.82. The summed E-state index contributed by atoms with van der Waals surface area (Å²) in [7, 11) is 0. The highest BCUT2D eigenvalue weighted by molar-refractivity contribution is 6.36. The molecule has 1 N–H and O–H groups in total. The van der Waals surface area contributed by atoms with Crippen molar-refractivity contribution in [2.45, 2.75) is 33.1 Å². The van der Waals surface area contributed by atoms with Gasteiger partial charge in [0.15, 0.2) is 0 Å². The second-order valence-corrected chi connectivity index (χ2v) is 4.33. The van der Waals surface area contributed by atoms with Crippen LogP contribution in [0.1, 0.15) is 33.1 Å². The molecule has 0 fully saturated rings. The molecular weight excluding hydrogens is 205 g/mol. The van der Waals surface area contributed by atoms with Crippen molar-refractivity contribution >= 4 is 23.2 Å². The number of nitrogens with one attached hydrogen (secondary N) is 1. The lowest BCUT2D eigenvalue weighted by molar-refractivity contribution is 0.526. The summed E-state index contributed by atoms with van der Waals surface area (Å²) in [6.45, 7) is 6.21. The molecule has 0 amide bonds. The normalized spacial score (nSPS) is 12.5. The molecule has 0 aliphatic rings. The van der Waals surface area contributed by atoms with Crippen molar-refractivity contribution in [2.24, 2.45) is 5.92 Å². The summed E-state index contributed by atoms with van der Waals surface area (Å²) in [4.78, 5) is 0. The zero-order valence-corrected chi connectivity index (χ0v) is 9.96. The summed E-state index contributed by atoms with van der Waals surface area (Å²) in [5.74, 6) is 0.811. The Kier molecular flexibility index (Phi) is 9.05. The van der Waals surface area contributed by atoms with E-state index in [0.29, 0.717) is 11.6 Å². The van der Waals surface area contributed by atoms with Crippen LogP contribution in [0.2, 0.25) is 0 Å². The van der Waals surface area contributed by atoms with Gasteiger partial charge >= 0.3 is 0 Å². The van der Waals surface area contributed by atoms with Gasteiger partial charge in [0, 0.05) is 17.1 Å². The molecule has 0 bridgehead atoms. The predicted molar refractivity (Wildman–Crippen MR) is 61.3 cm³/mol. The van der Waals surface area contributed by atoms with Gasteiger partial charge in [-0.25, -0.2) is 0 Å². The molecule has 1 nitrogen and oxygen atoms in total. The van der Waals surface area contributed by atoms with E-state index >= 15 is 0 Å². The van der Waals surface area contributed by atoms with Crippen molar-refractivity contribution in [1.82, 2.24) is 5.32 Å².